The van der Waals surface area contributed by atoms with Gasteiger partial charge in [0.05, 0.1) is 5.92 Å². The van der Waals surface area contributed by atoms with Gasteiger partial charge < -0.3 is 16.0 Å². The molecule has 0 bridgehead atoms. The second-order valence-electron chi connectivity index (χ2n) is 6.95. The Balaban J connectivity index is 1.90. The predicted molar refractivity (Wildman–Crippen MR) is 82.4 cm³/mol. The van der Waals surface area contributed by atoms with Crippen molar-refractivity contribution in [3.63, 3.8) is 0 Å². The third-order valence-corrected chi connectivity index (χ3v) is 5.48. The molecule has 4 heteroatoms. The zero-order valence-electron chi connectivity index (χ0n) is 13.2. The minimum Gasteiger partial charge on any atom is -0.354 e. The first-order valence-electron chi connectivity index (χ1n) is 8.26. The predicted octanol–water partition coefficient (Wildman–Crippen LogP) is 1.88. The molecule has 0 aliphatic heterocycles. The van der Waals surface area contributed by atoms with Gasteiger partial charge in [-0.05, 0) is 39.8 Å². The fourth-order valence-electron chi connectivity index (χ4n) is 3.86. The molecule has 0 heterocycles. The Morgan fingerprint density at radius 1 is 1.15 bits per heavy atom. The van der Waals surface area contributed by atoms with E-state index < -0.39 is 0 Å². The van der Waals surface area contributed by atoms with E-state index in [1.807, 2.05) is 0 Å². The summed E-state index contributed by atoms with van der Waals surface area (Å²) in [6, 6.07) is 0.0522. The van der Waals surface area contributed by atoms with Gasteiger partial charge in [0.2, 0.25) is 5.91 Å². The zero-order chi connectivity index (χ0) is 14.6. The average Bonchev–Trinajstić information content (AvgIpc) is 2.80. The number of hydrogen-bond donors (Lipinski definition) is 2. The first-order valence-corrected chi connectivity index (χ1v) is 8.26. The fraction of sp³-hybridized carbons (Fsp3) is 0.938. The van der Waals surface area contributed by atoms with E-state index in [0.29, 0.717) is 0 Å². The van der Waals surface area contributed by atoms with E-state index in [9.17, 15) is 4.79 Å². The van der Waals surface area contributed by atoms with Crippen molar-refractivity contribution in [1.29, 1.82) is 0 Å². The van der Waals surface area contributed by atoms with E-state index in [0.717, 1.165) is 25.8 Å². The Labute approximate surface area is 123 Å². The van der Waals surface area contributed by atoms with Crippen molar-refractivity contribution in [2.24, 2.45) is 11.7 Å². The Kier molecular flexibility index (Phi) is 5.44. The van der Waals surface area contributed by atoms with Crippen molar-refractivity contribution in [1.82, 2.24) is 10.2 Å². The topological polar surface area (TPSA) is 58.4 Å². The number of nitrogens with zero attached hydrogens (tertiary/aromatic N) is 1. The molecule has 2 unspecified atom stereocenters. The summed E-state index contributed by atoms with van der Waals surface area (Å²) >= 11 is 0. The van der Waals surface area contributed by atoms with Crippen molar-refractivity contribution >= 4 is 5.91 Å². The minimum absolute atomic E-state index is 0.0260. The zero-order valence-corrected chi connectivity index (χ0v) is 13.2. The van der Waals surface area contributed by atoms with Crippen molar-refractivity contribution < 1.29 is 4.79 Å². The summed E-state index contributed by atoms with van der Waals surface area (Å²) in [7, 11) is 4.27. The second kappa shape index (κ2) is 6.90. The Morgan fingerprint density at radius 3 is 2.45 bits per heavy atom. The molecule has 2 atom stereocenters. The van der Waals surface area contributed by atoms with Crippen LogP contribution >= 0.6 is 0 Å². The van der Waals surface area contributed by atoms with E-state index in [1.54, 1.807) is 0 Å². The van der Waals surface area contributed by atoms with Gasteiger partial charge in [-0.25, -0.2) is 0 Å². The number of hydrogen-bond acceptors (Lipinski definition) is 3. The van der Waals surface area contributed by atoms with E-state index in [2.05, 4.69) is 24.3 Å². The monoisotopic (exact) mass is 281 g/mol. The maximum Gasteiger partial charge on any atom is 0.224 e. The largest absolute Gasteiger partial charge is 0.354 e. The van der Waals surface area contributed by atoms with E-state index in [1.165, 1.54) is 38.5 Å². The standard InChI is InChI=1S/C16H31N3O/c1-19(2)16(10-6-7-11-16)12-18-15(20)13-8-4-3-5-9-14(13)17/h13-14H,3-12,17H2,1-2H3,(H,18,20). The van der Waals surface area contributed by atoms with Crippen LogP contribution in [0.1, 0.15) is 57.8 Å². The van der Waals surface area contributed by atoms with Crippen LogP contribution < -0.4 is 11.1 Å². The van der Waals surface area contributed by atoms with Crippen LogP contribution in [0.2, 0.25) is 0 Å². The van der Waals surface area contributed by atoms with E-state index >= 15 is 0 Å². The van der Waals surface area contributed by atoms with Gasteiger partial charge in [0.1, 0.15) is 0 Å². The lowest BCUT2D eigenvalue weighted by atomic mass is 9.92. The molecule has 0 spiro atoms. The number of carbonyl (C=O) groups is 1. The lowest BCUT2D eigenvalue weighted by Gasteiger charge is -2.37. The van der Waals surface area contributed by atoms with Crippen molar-refractivity contribution in [2.75, 3.05) is 20.6 Å². The minimum atomic E-state index is 0.0260. The van der Waals surface area contributed by atoms with Crippen molar-refractivity contribution in [3.8, 4) is 0 Å². The molecule has 4 nitrogen and oxygen atoms in total. The number of rotatable bonds is 4. The summed E-state index contributed by atoms with van der Waals surface area (Å²) in [6.07, 6.45) is 10.4. The first-order chi connectivity index (χ1) is 9.55. The maximum atomic E-state index is 12.5. The van der Waals surface area contributed by atoms with Gasteiger partial charge in [0.15, 0.2) is 0 Å². The van der Waals surface area contributed by atoms with E-state index in [4.69, 9.17) is 5.73 Å². The molecule has 0 radical (unpaired) electrons. The molecule has 2 rings (SSSR count). The molecule has 116 valence electrons. The molecule has 1 amide bonds. The van der Waals surface area contributed by atoms with Gasteiger partial charge in [-0.1, -0.05) is 32.1 Å². The normalized spacial score (nSPS) is 30.2. The smallest absolute Gasteiger partial charge is 0.224 e. The Morgan fingerprint density at radius 2 is 1.80 bits per heavy atom. The van der Waals surface area contributed by atoms with Crippen LogP contribution in [0.4, 0.5) is 0 Å². The highest BCUT2D eigenvalue weighted by Crippen LogP contribution is 2.33. The third-order valence-electron chi connectivity index (χ3n) is 5.48. The maximum absolute atomic E-state index is 12.5. The summed E-state index contributed by atoms with van der Waals surface area (Å²) in [4.78, 5) is 14.8. The SMILES string of the molecule is CN(C)C1(CNC(=O)C2CCCCCC2N)CCCC1. The van der Waals surface area contributed by atoms with Gasteiger partial charge in [-0.3, -0.25) is 4.79 Å². The Bertz CT molecular complexity index is 324. The molecule has 0 aromatic rings. The molecule has 0 aromatic carbocycles. The summed E-state index contributed by atoms with van der Waals surface area (Å²) in [5.74, 6) is 0.214. The quantitative estimate of drug-likeness (QED) is 0.774. The van der Waals surface area contributed by atoms with Gasteiger partial charge in [-0.2, -0.15) is 0 Å². The first kappa shape index (κ1) is 15.8. The van der Waals surface area contributed by atoms with Crippen LogP contribution in [-0.2, 0) is 4.79 Å². The third kappa shape index (κ3) is 3.53. The summed E-state index contributed by atoms with van der Waals surface area (Å²) in [5, 5.41) is 3.21. The molecule has 2 aliphatic carbocycles. The number of amides is 1. The van der Waals surface area contributed by atoms with Crippen LogP contribution in [0.15, 0.2) is 0 Å². The van der Waals surface area contributed by atoms with Crippen molar-refractivity contribution in [3.05, 3.63) is 0 Å². The van der Waals surface area contributed by atoms with Crippen LogP contribution in [0, 0.1) is 5.92 Å². The lowest BCUT2D eigenvalue weighted by molar-refractivity contribution is -0.126. The van der Waals surface area contributed by atoms with Crippen LogP contribution in [0.3, 0.4) is 0 Å². The molecule has 2 fully saturated rings. The molecule has 3 N–H and O–H groups in total. The molecular weight excluding hydrogens is 250 g/mol. The number of nitrogens with two attached hydrogens (primary N) is 1. The number of carbonyl (C=O) groups excluding carboxylic acids is 1. The lowest BCUT2D eigenvalue weighted by Crippen LogP contribution is -2.53. The van der Waals surface area contributed by atoms with E-state index in [-0.39, 0.29) is 23.4 Å². The van der Waals surface area contributed by atoms with Crippen LogP contribution in [0.5, 0.6) is 0 Å². The molecule has 20 heavy (non-hydrogen) atoms. The summed E-state index contributed by atoms with van der Waals surface area (Å²) < 4.78 is 0. The Hall–Kier alpha value is -0.610. The van der Waals surface area contributed by atoms with Crippen LogP contribution in [0.25, 0.3) is 0 Å². The van der Waals surface area contributed by atoms with Gasteiger partial charge in [-0.15, -0.1) is 0 Å². The van der Waals surface area contributed by atoms with Gasteiger partial charge >= 0.3 is 0 Å². The van der Waals surface area contributed by atoms with Gasteiger partial charge in [0, 0.05) is 18.1 Å². The van der Waals surface area contributed by atoms with Crippen LogP contribution in [-0.4, -0.2) is 43.0 Å². The average molecular weight is 281 g/mol. The number of likely N-dealkylation sites (N-methyl/N-ethyl adjacent to an activating group) is 1. The highest BCUT2D eigenvalue weighted by atomic mass is 16.1. The molecular formula is C16H31N3O. The number of nitrogens with one attached hydrogen (secondary N) is 1. The van der Waals surface area contributed by atoms with Crippen molar-refractivity contribution in [2.45, 2.75) is 69.4 Å². The molecule has 0 aromatic heterocycles. The summed E-state index contributed by atoms with van der Waals surface area (Å²) in [6.45, 7) is 0.780. The fourth-order valence-corrected chi connectivity index (χ4v) is 3.86. The summed E-state index contributed by atoms with van der Waals surface area (Å²) in [5.41, 5.74) is 6.36. The highest BCUT2D eigenvalue weighted by molar-refractivity contribution is 5.79. The molecule has 0 saturated heterocycles. The van der Waals surface area contributed by atoms with Gasteiger partial charge in [0.25, 0.3) is 0 Å². The highest BCUT2D eigenvalue weighted by Gasteiger charge is 2.37. The molecule has 2 saturated carbocycles. The second-order valence-corrected chi connectivity index (χ2v) is 6.95. The molecule has 2 aliphatic rings.